The van der Waals surface area contributed by atoms with Crippen molar-refractivity contribution in [2.75, 3.05) is 17.7 Å². The molecule has 0 saturated carbocycles. The van der Waals surface area contributed by atoms with E-state index >= 15 is 0 Å². The molecule has 0 radical (unpaired) electrons. The summed E-state index contributed by atoms with van der Waals surface area (Å²) in [5, 5.41) is 4.43. The second-order valence-corrected chi connectivity index (χ2v) is 20.6. The molecular weight excluding hydrogens is 510 g/mol. The molecule has 0 aliphatic rings. The monoisotopic (exact) mass is 538 g/mol. The van der Waals surface area contributed by atoms with Crippen LogP contribution >= 0.6 is 49.8 Å². The minimum atomic E-state index is -2.65. The first-order valence-corrected chi connectivity index (χ1v) is 17.1. The number of thioether (sulfide) groups is 2. The number of rotatable bonds is 9. The fourth-order valence-corrected chi connectivity index (χ4v) is 18.5. The van der Waals surface area contributed by atoms with E-state index in [1.54, 1.807) is 0 Å². The molecule has 0 amide bonds. The molecule has 0 saturated heterocycles. The molecule has 0 unspecified atom stereocenters. The first kappa shape index (κ1) is 22.2. The molecule has 4 heteroatoms. The maximum atomic E-state index is 2.90. The Morgan fingerprint density at radius 2 is 0.964 bits per heavy atom. The molecular formula is C24H28IPS2. The fourth-order valence-electron chi connectivity index (χ4n) is 3.79. The van der Waals surface area contributed by atoms with Gasteiger partial charge in [0.15, 0.2) is 0 Å². The van der Waals surface area contributed by atoms with Gasteiger partial charge >= 0.3 is 193 Å². The van der Waals surface area contributed by atoms with Crippen LogP contribution in [0.3, 0.4) is 0 Å². The summed E-state index contributed by atoms with van der Waals surface area (Å²) in [5.41, 5.74) is 0. The summed E-state index contributed by atoms with van der Waals surface area (Å²) in [4.78, 5) is 0. The summed E-state index contributed by atoms with van der Waals surface area (Å²) in [5.74, 6) is 2.30. The molecule has 0 heterocycles. The first-order chi connectivity index (χ1) is 13.6. The predicted molar refractivity (Wildman–Crippen MR) is 144 cm³/mol. The van der Waals surface area contributed by atoms with E-state index < -0.39 is 4.25 Å². The van der Waals surface area contributed by atoms with E-state index in [1.807, 2.05) is 0 Å². The number of benzene rings is 3. The topological polar surface area (TPSA) is 0 Å². The van der Waals surface area contributed by atoms with E-state index in [4.69, 9.17) is 0 Å². The van der Waals surface area contributed by atoms with Crippen molar-refractivity contribution in [3.8, 4) is 0 Å². The molecule has 0 fully saturated rings. The quantitative estimate of drug-likeness (QED) is 0.169. The van der Waals surface area contributed by atoms with E-state index in [1.165, 1.54) is 22.1 Å². The summed E-state index contributed by atoms with van der Waals surface area (Å²) in [6, 6.07) is 33.8. The molecule has 0 spiro atoms. The van der Waals surface area contributed by atoms with Gasteiger partial charge in [0.2, 0.25) is 0 Å². The van der Waals surface area contributed by atoms with Gasteiger partial charge in [0, 0.05) is 0 Å². The van der Waals surface area contributed by atoms with Crippen molar-refractivity contribution in [3.63, 3.8) is 0 Å². The van der Waals surface area contributed by atoms with Gasteiger partial charge in [-0.15, -0.1) is 0 Å². The van der Waals surface area contributed by atoms with Crippen LogP contribution in [-0.4, -0.2) is 22.2 Å². The summed E-state index contributed by atoms with van der Waals surface area (Å²) in [7, 11) is 0. The third-order valence-electron chi connectivity index (χ3n) is 5.08. The van der Waals surface area contributed by atoms with Crippen LogP contribution in [0.5, 0.6) is 0 Å². The standard InChI is InChI=1S/C24H28IPS2/c1-3-27-24(28-4-2)20-26(25,21-14-8-5-9-15-21,22-16-10-6-11-17-22)23-18-12-7-13-19-23/h5-19,24H,3-4,20H2,1-2H3. The molecule has 0 aromatic heterocycles. The maximum absolute atomic E-state index is 2.90. The van der Waals surface area contributed by atoms with Crippen LogP contribution in [0, 0.1) is 0 Å². The van der Waals surface area contributed by atoms with Gasteiger partial charge in [-0.1, -0.05) is 0 Å². The Bertz CT molecular complexity index is 750. The molecule has 0 aliphatic heterocycles. The van der Waals surface area contributed by atoms with Crippen LogP contribution in [0.1, 0.15) is 13.8 Å². The van der Waals surface area contributed by atoms with Crippen LogP contribution < -0.4 is 15.9 Å². The van der Waals surface area contributed by atoms with Gasteiger partial charge in [-0.2, -0.15) is 0 Å². The number of halogens is 1. The Morgan fingerprint density at radius 3 is 1.25 bits per heavy atom. The van der Waals surface area contributed by atoms with Gasteiger partial charge in [0.05, 0.1) is 0 Å². The van der Waals surface area contributed by atoms with Gasteiger partial charge in [0.25, 0.3) is 0 Å². The van der Waals surface area contributed by atoms with Gasteiger partial charge in [-0.05, 0) is 0 Å². The third kappa shape index (κ3) is 4.33. The van der Waals surface area contributed by atoms with Crippen LogP contribution in [0.25, 0.3) is 0 Å². The van der Waals surface area contributed by atoms with E-state index in [2.05, 4.69) is 150 Å². The molecule has 0 N–H and O–H groups in total. The van der Waals surface area contributed by atoms with Crippen LogP contribution in [0.4, 0.5) is 0 Å². The summed E-state index contributed by atoms with van der Waals surface area (Å²) in [6.45, 7) is 4.56. The molecule has 3 aromatic carbocycles. The van der Waals surface area contributed by atoms with Crippen LogP contribution in [-0.2, 0) is 0 Å². The summed E-state index contributed by atoms with van der Waals surface area (Å²) >= 11 is 7.11. The molecule has 3 aromatic rings. The SMILES string of the molecule is CCSC(CP(I)(c1ccccc1)(c1ccccc1)c1ccccc1)SCC. The average molecular weight is 539 g/mol. The van der Waals surface area contributed by atoms with Gasteiger partial charge in [0.1, 0.15) is 0 Å². The van der Waals surface area contributed by atoms with Crippen molar-refractivity contribution in [3.05, 3.63) is 91.0 Å². The van der Waals surface area contributed by atoms with E-state index in [-0.39, 0.29) is 0 Å². The minimum absolute atomic E-state index is 0.574. The molecule has 148 valence electrons. The Hall–Kier alpha value is -0.480. The molecule has 28 heavy (non-hydrogen) atoms. The molecule has 3 rings (SSSR count). The van der Waals surface area contributed by atoms with Gasteiger partial charge in [-0.3, -0.25) is 0 Å². The van der Waals surface area contributed by atoms with Crippen molar-refractivity contribution in [2.24, 2.45) is 0 Å². The van der Waals surface area contributed by atoms with Crippen molar-refractivity contribution in [2.45, 2.75) is 18.4 Å². The summed E-state index contributed by atoms with van der Waals surface area (Å²) in [6.07, 6.45) is 1.17. The molecule has 0 nitrogen and oxygen atoms in total. The van der Waals surface area contributed by atoms with E-state index in [0.29, 0.717) is 4.58 Å². The molecule has 0 atom stereocenters. The van der Waals surface area contributed by atoms with Crippen molar-refractivity contribution in [1.82, 2.24) is 0 Å². The second-order valence-electron chi connectivity index (χ2n) is 6.71. The Kier molecular flexibility index (Phi) is 7.95. The second kappa shape index (κ2) is 10.0. The zero-order valence-corrected chi connectivity index (χ0v) is 21.2. The van der Waals surface area contributed by atoms with E-state index in [9.17, 15) is 0 Å². The zero-order chi connectivity index (χ0) is 19.9. The first-order valence-electron chi connectivity index (χ1n) is 9.76. The third-order valence-corrected chi connectivity index (χ3v) is 19.5. The Balaban J connectivity index is 2.33. The Morgan fingerprint density at radius 1 is 0.643 bits per heavy atom. The number of hydrogen-bond acceptors (Lipinski definition) is 2. The van der Waals surface area contributed by atoms with Gasteiger partial charge < -0.3 is 0 Å². The van der Waals surface area contributed by atoms with Gasteiger partial charge in [-0.25, -0.2) is 0 Å². The van der Waals surface area contributed by atoms with Crippen molar-refractivity contribution < 1.29 is 0 Å². The predicted octanol–water partition coefficient (Wildman–Crippen LogP) is 6.70. The van der Waals surface area contributed by atoms with Crippen molar-refractivity contribution in [1.29, 1.82) is 0 Å². The van der Waals surface area contributed by atoms with Crippen molar-refractivity contribution >= 4 is 65.7 Å². The fraction of sp³-hybridized carbons (Fsp3) is 0.250. The Labute approximate surface area is 191 Å². The normalized spacial score (nSPS) is 13.2. The van der Waals surface area contributed by atoms with Crippen LogP contribution in [0.15, 0.2) is 91.0 Å². The molecule has 0 aliphatic carbocycles. The van der Waals surface area contributed by atoms with Crippen LogP contribution in [0.2, 0.25) is 0 Å². The number of hydrogen-bond donors (Lipinski definition) is 0. The zero-order valence-electron chi connectivity index (χ0n) is 16.5. The summed E-state index contributed by atoms with van der Waals surface area (Å²) < 4.78 is -2.07. The average Bonchev–Trinajstić information content (AvgIpc) is 2.76. The van der Waals surface area contributed by atoms with E-state index in [0.717, 1.165) is 11.5 Å². The molecule has 0 bridgehead atoms.